The van der Waals surface area contributed by atoms with Crippen LogP contribution in [0.1, 0.15) is 38.1 Å². The van der Waals surface area contributed by atoms with Gasteiger partial charge in [-0.1, -0.05) is 0 Å². The van der Waals surface area contributed by atoms with E-state index in [9.17, 15) is 9.59 Å². The second-order valence-electron chi connectivity index (χ2n) is 6.68. The van der Waals surface area contributed by atoms with Crippen molar-refractivity contribution in [1.29, 1.82) is 0 Å². The van der Waals surface area contributed by atoms with Crippen LogP contribution >= 0.6 is 0 Å². The average Bonchev–Trinajstić information content (AvgIpc) is 2.45. The molecule has 1 fully saturated rings. The summed E-state index contributed by atoms with van der Waals surface area (Å²) in [5.74, 6) is -0.279. The van der Waals surface area contributed by atoms with Crippen molar-refractivity contribution in [3.8, 4) is 0 Å². The number of anilines is 1. The van der Waals surface area contributed by atoms with E-state index in [1.807, 2.05) is 27.7 Å². The summed E-state index contributed by atoms with van der Waals surface area (Å²) in [6.45, 7) is 9.25. The molecule has 7 nitrogen and oxygen atoms in total. The quantitative estimate of drug-likeness (QED) is 0.899. The molecule has 0 bridgehead atoms. The Kier molecular flexibility index (Phi) is 4.77. The van der Waals surface area contributed by atoms with Gasteiger partial charge in [-0.15, -0.1) is 0 Å². The Bertz CT molecular complexity index is 580. The molecule has 1 aromatic rings. The molecule has 1 aliphatic heterocycles. The van der Waals surface area contributed by atoms with Crippen molar-refractivity contribution in [2.24, 2.45) is 0 Å². The highest BCUT2D eigenvalue weighted by Gasteiger charge is 2.30. The summed E-state index contributed by atoms with van der Waals surface area (Å²) >= 11 is 0. The number of pyridine rings is 1. The molecule has 2 rings (SSSR count). The van der Waals surface area contributed by atoms with Gasteiger partial charge in [-0.2, -0.15) is 0 Å². The molecule has 1 N–H and O–H groups in total. The normalized spacial score (nSPS) is 18.7. The number of ether oxygens (including phenoxy) is 1. The highest BCUT2D eigenvalue weighted by molar-refractivity contribution is 5.87. The van der Waals surface area contributed by atoms with E-state index in [2.05, 4.69) is 9.88 Å². The van der Waals surface area contributed by atoms with Crippen LogP contribution in [-0.2, 0) is 4.74 Å². The lowest BCUT2D eigenvalue weighted by Gasteiger charge is -2.40. The molecule has 0 spiro atoms. The summed E-state index contributed by atoms with van der Waals surface area (Å²) in [4.78, 5) is 31.0. The van der Waals surface area contributed by atoms with Crippen molar-refractivity contribution in [2.45, 2.75) is 39.3 Å². The molecule has 1 atom stereocenters. The van der Waals surface area contributed by atoms with Crippen LogP contribution in [0.15, 0.2) is 18.3 Å². The molecule has 0 saturated carbocycles. The number of nitrogens with zero attached hydrogens (tertiary/aromatic N) is 3. The SMILES string of the molecule is CC1CN(C(=O)OC(C)(C)C)CCN1c1ccc(C(=O)O)cn1. The minimum atomic E-state index is -0.994. The zero-order valence-electron chi connectivity index (χ0n) is 13.9. The number of aromatic nitrogens is 1. The number of carboxylic acids is 1. The fourth-order valence-corrected chi connectivity index (χ4v) is 2.47. The van der Waals surface area contributed by atoms with Gasteiger partial charge in [-0.25, -0.2) is 14.6 Å². The van der Waals surface area contributed by atoms with Crippen LogP contribution in [0.3, 0.4) is 0 Å². The van der Waals surface area contributed by atoms with Gasteiger partial charge in [0.1, 0.15) is 11.4 Å². The van der Waals surface area contributed by atoms with Crippen molar-refractivity contribution < 1.29 is 19.4 Å². The van der Waals surface area contributed by atoms with E-state index < -0.39 is 11.6 Å². The van der Waals surface area contributed by atoms with Gasteiger partial charge in [-0.05, 0) is 39.8 Å². The highest BCUT2D eigenvalue weighted by Crippen LogP contribution is 2.20. The summed E-state index contributed by atoms with van der Waals surface area (Å²) in [7, 11) is 0. The predicted molar refractivity (Wildman–Crippen MR) is 85.8 cm³/mol. The van der Waals surface area contributed by atoms with Gasteiger partial charge in [-0.3, -0.25) is 0 Å². The van der Waals surface area contributed by atoms with Crippen LogP contribution in [0.5, 0.6) is 0 Å². The Morgan fingerprint density at radius 2 is 2.00 bits per heavy atom. The standard InChI is InChI=1S/C16H23N3O4/c1-11-10-18(15(22)23-16(2,3)4)7-8-19(11)13-6-5-12(9-17-13)14(20)21/h5-6,9,11H,7-8,10H2,1-4H3,(H,20,21). The molecule has 0 aromatic carbocycles. The third kappa shape index (κ3) is 4.34. The minimum absolute atomic E-state index is 0.0689. The third-order valence-corrected chi connectivity index (χ3v) is 3.57. The molecule has 7 heteroatoms. The molecule has 126 valence electrons. The van der Waals surface area contributed by atoms with E-state index in [1.165, 1.54) is 12.3 Å². The lowest BCUT2D eigenvalue weighted by Crippen LogP contribution is -2.54. The largest absolute Gasteiger partial charge is 0.478 e. The minimum Gasteiger partial charge on any atom is -0.478 e. The van der Waals surface area contributed by atoms with Crippen LogP contribution in [0.2, 0.25) is 0 Å². The van der Waals surface area contributed by atoms with Crippen molar-refractivity contribution >= 4 is 17.9 Å². The summed E-state index contributed by atoms with van der Waals surface area (Å²) in [5.41, 5.74) is -0.347. The number of carbonyl (C=O) groups excluding carboxylic acids is 1. The number of aromatic carboxylic acids is 1. The van der Waals surface area contributed by atoms with Gasteiger partial charge >= 0.3 is 12.1 Å². The molecular formula is C16H23N3O4. The first-order valence-corrected chi connectivity index (χ1v) is 7.61. The monoisotopic (exact) mass is 321 g/mol. The van der Waals surface area contributed by atoms with Crippen LogP contribution in [-0.4, -0.2) is 58.3 Å². The molecule has 1 aromatic heterocycles. The molecule has 2 heterocycles. The van der Waals surface area contributed by atoms with Gasteiger partial charge in [0.25, 0.3) is 0 Å². The first-order valence-electron chi connectivity index (χ1n) is 7.61. The van der Waals surface area contributed by atoms with E-state index in [4.69, 9.17) is 9.84 Å². The Labute approximate surface area is 135 Å². The number of hydrogen-bond acceptors (Lipinski definition) is 5. The fraction of sp³-hybridized carbons (Fsp3) is 0.562. The first-order chi connectivity index (χ1) is 10.7. The topological polar surface area (TPSA) is 83.0 Å². The highest BCUT2D eigenvalue weighted by atomic mass is 16.6. The van der Waals surface area contributed by atoms with Gasteiger partial charge in [0, 0.05) is 31.9 Å². The first kappa shape index (κ1) is 17.1. The molecule has 0 radical (unpaired) electrons. The zero-order valence-corrected chi connectivity index (χ0v) is 13.9. The lowest BCUT2D eigenvalue weighted by molar-refractivity contribution is 0.0218. The van der Waals surface area contributed by atoms with Crippen molar-refractivity contribution in [3.63, 3.8) is 0 Å². The number of rotatable bonds is 2. The van der Waals surface area contributed by atoms with Gasteiger partial charge in [0.05, 0.1) is 5.56 Å². The molecule has 0 aliphatic carbocycles. The Balaban J connectivity index is 2.01. The average molecular weight is 321 g/mol. The molecule has 1 unspecified atom stereocenters. The van der Waals surface area contributed by atoms with Crippen molar-refractivity contribution in [3.05, 3.63) is 23.9 Å². The van der Waals surface area contributed by atoms with E-state index in [0.717, 1.165) is 0 Å². The molecule has 1 amide bonds. The third-order valence-electron chi connectivity index (χ3n) is 3.57. The lowest BCUT2D eigenvalue weighted by atomic mass is 10.2. The second kappa shape index (κ2) is 6.44. The number of piperazine rings is 1. The Hall–Kier alpha value is -2.31. The second-order valence-corrected chi connectivity index (χ2v) is 6.68. The van der Waals surface area contributed by atoms with Crippen molar-refractivity contribution in [1.82, 2.24) is 9.88 Å². The van der Waals surface area contributed by atoms with Gasteiger partial charge in [0.15, 0.2) is 0 Å². The molecular weight excluding hydrogens is 298 g/mol. The Morgan fingerprint density at radius 3 is 2.48 bits per heavy atom. The molecule has 1 saturated heterocycles. The molecule has 23 heavy (non-hydrogen) atoms. The summed E-state index contributed by atoms with van der Waals surface area (Å²) < 4.78 is 5.40. The maximum Gasteiger partial charge on any atom is 0.410 e. The van der Waals surface area contributed by atoms with E-state index in [1.54, 1.807) is 11.0 Å². The Morgan fingerprint density at radius 1 is 1.30 bits per heavy atom. The maximum absolute atomic E-state index is 12.1. The summed E-state index contributed by atoms with van der Waals surface area (Å²) in [6.07, 6.45) is 1.04. The number of carbonyl (C=O) groups is 2. The number of carboxylic acid groups (broad SMARTS) is 1. The van der Waals surface area contributed by atoms with E-state index >= 15 is 0 Å². The number of hydrogen-bond donors (Lipinski definition) is 1. The van der Waals surface area contributed by atoms with E-state index in [0.29, 0.717) is 25.5 Å². The van der Waals surface area contributed by atoms with Crippen LogP contribution in [0.4, 0.5) is 10.6 Å². The summed E-state index contributed by atoms with van der Waals surface area (Å²) in [6, 6.07) is 3.31. The predicted octanol–water partition coefficient (Wildman–Crippen LogP) is 2.23. The van der Waals surface area contributed by atoms with Crippen LogP contribution < -0.4 is 4.90 Å². The zero-order chi connectivity index (χ0) is 17.2. The molecule has 1 aliphatic rings. The smallest absolute Gasteiger partial charge is 0.410 e. The number of amides is 1. The van der Waals surface area contributed by atoms with Crippen LogP contribution in [0.25, 0.3) is 0 Å². The van der Waals surface area contributed by atoms with Gasteiger partial charge < -0.3 is 19.6 Å². The van der Waals surface area contributed by atoms with Gasteiger partial charge in [0.2, 0.25) is 0 Å². The maximum atomic E-state index is 12.1. The van der Waals surface area contributed by atoms with Crippen LogP contribution in [0, 0.1) is 0 Å². The summed E-state index contributed by atoms with van der Waals surface area (Å²) in [5, 5.41) is 8.91. The van der Waals surface area contributed by atoms with E-state index in [-0.39, 0.29) is 17.7 Å². The van der Waals surface area contributed by atoms with Crippen molar-refractivity contribution in [2.75, 3.05) is 24.5 Å². The fourth-order valence-electron chi connectivity index (χ4n) is 2.47.